The Morgan fingerprint density at radius 1 is 1.48 bits per heavy atom. The van der Waals surface area contributed by atoms with Crippen LogP contribution in [0, 0.1) is 0 Å². The van der Waals surface area contributed by atoms with Gasteiger partial charge in [0.05, 0.1) is 6.26 Å². The van der Waals surface area contributed by atoms with Crippen LogP contribution in [0.1, 0.15) is 31.5 Å². The molecule has 1 atom stereocenters. The molecule has 21 heavy (non-hydrogen) atoms. The summed E-state index contributed by atoms with van der Waals surface area (Å²) < 4.78 is 24.4. The Kier molecular flexibility index (Phi) is 4.89. The van der Waals surface area contributed by atoms with Gasteiger partial charge in [-0.25, -0.2) is 17.7 Å². The number of aromatic nitrogens is 3. The van der Waals surface area contributed by atoms with Gasteiger partial charge in [0.15, 0.2) is 0 Å². The molecule has 10 heteroatoms. The first-order valence-electron chi connectivity index (χ1n) is 6.54. The van der Waals surface area contributed by atoms with E-state index in [9.17, 15) is 13.2 Å². The van der Waals surface area contributed by atoms with Crippen molar-refractivity contribution in [3.8, 4) is 0 Å². The van der Waals surface area contributed by atoms with Crippen molar-refractivity contribution < 1.29 is 18.3 Å². The maximum absolute atomic E-state index is 11.4. The first-order valence-corrected chi connectivity index (χ1v) is 9.27. The van der Waals surface area contributed by atoms with Crippen LogP contribution in [0.5, 0.6) is 0 Å². The molecule has 8 nitrogen and oxygen atoms in total. The molecule has 0 amide bonds. The molecule has 2 rings (SSSR count). The molecule has 1 aromatic heterocycles. The zero-order chi connectivity index (χ0) is 15.6. The van der Waals surface area contributed by atoms with Gasteiger partial charge in [0, 0.05) is 19.0 Å². The van der Waals surface area contributed by atoms with Crippen LogP contribution in [0.4, 0.5) is 0 Å². The van der Waals surface area contributed by atoms with Crippen LogP contribution < -0.4 is 0 Å². The van der Waals surface area contributed by atoms with Crippen LogP contribution in [0.2, 0.25) is 0 Å². The minimum absolute atomic E-state index is 0.130. The number of piperidine rings is 1. The normalized spacial score (nSPS) is 19.5. The lowest BCUT2D eigenvalue weighted by molar-refractivity contribution is -0.136. The van der Waals surface area contributed by atoms with Gasteiger partial charge < -0.3 is 5.11 Å². The van der Waals surface area contributed by atoms with Crippen molar-refractivity contribution in [2.75, 3.05) is 19.3 Å². The smallest absolute Gasteiger partial charge is 0.316 e. The molecule has 0 saturated carbocycles. The summed E-state index contributed by atoms with van der Waals surface area (Å²) in [5, 5.41) is 15.5. The standard InChI is InChI=1S/C11H18N4O4S2/c1-7(10(16)17)20-11-12-9(13-14-11)8-3-5-15(6-4-8)21(2,18)19/h7-8H,3-6H2,1-2H3,(H,16,17)(H,12,13,14)/t7-/m0/s1. The molecule has 1 aliphatic rings. The van der Waals surface area contributed by atoms with Crippen LogP contribution in [-0.4, -0.2) is 63.6 Å². The molecule has 1 aromatic rings. The van der Waals surface area contributed by atoms with Crippen molar-refractivity contribution >= 4 is 27.8 Å². The van der Waals surface area contributed by atoms with Crippen molar-refractivity contribution in [2.24, 2.45) is 0 Å². The Balaban J connectivity index is 1.96. The van der Waals surface area contributed by atoms with Crippen LogP contribution >= 0.6 is 11.8 Å². The van der Waals surface area contributed by atoms with Crippen molar-refractivity contribution in [1.82, 2.24) is 19.5 Å². The number of hydrogen-bond acceptors (Lipinski definition) is 6. The number of carboxylic acid groups (broad SMARTS) is 1. The predicted molar refractivity (Wildman–Crippen MR) is 77.7 cm³/mol. The average molecular weight is 334 g/mol. The fourth-order valence-electron chi connectivity index (χ4n) is 2.16. The number of aromatic amines is 1. The quantitative estimate of drug-likeness (QED) is 0.753. The van der Waals surface area contributed by atoms with Gasteiger partial charge in [0.2, 0.25) is 15.2 Å². The highest BCUT2D eigenvalue weighted by Crippen LogP contribution is 2.28. The zero-order valence-electron chi connectivity index (χ0n) is 11.8. The molecule has 0 spiro atoms. The maximum Gasteiger partial charge on any atom is 0.316 e. The largest absolute Gasteiger partial charge is 0.480 e. The molecule has 0 radical (unpaired) electrons. The second-order valence-corrected chi connectivity index (χ2v) is 8.33. The van der Waals surface area contributed by atoms with Gasteiger partial charge in [0.25, 0.3) is 0 Å². The Labute approximate surface area is 127 Å². The Morgan fingerprint density at radius 2 is 2.10 bits per heavy atom. The topological polar surface area (TPSA) is 116 Å². The number of nitrogens with zero attached hydrogens (tertiary/aromatic N) is 3. The summed E-state index contributed by atoms with van der Waals surface area (Å²) in [6.45, 7) is 2.52. The number of H-pyrrole nitrogens is 1. The average Bonchev–Trinajstić information content (AvgIpc) is 2.86. The van der Waals surface area contributed by atoms with E-state index in [1.807, 2.05) is 0 Å². The second kappa shape index (κ2) is 6.32. The number of rotatable bonds is 5. The van der Waals surface area contributed by atoms with E-state index in [0.717, 1.165) is 11.8 Å². The SMILES string of the molecule is C[C@H](Sc1n[nH]c(C2CCN(S(C)(=O)=O)CC2)n1)C(=O)O. The van der Waals surface area contributed by atoms with E-state index in [-0.39, 0.29) is 5.92 Å². The first kappa shape index (κ1) is 16.2. The Morgan fingerprint density at radius 3 is 2.62 bits per heavy atom. The van der Waals surface area contributed by atoms with E-state index < -0.39 is 21.2 Å². The van der Waals surface area contributed by atoms with Gasteiger partial charge in [-0.05, 0) is 19.8 Å². The number of aliphatic carboxylic acids is 1. The van der Waals surface area contributed by atoms with E-state index in [1.165, 1.54) is 10.6 Å². The molecule has 2 heterocycles. The van der Waals surface area contributed by atoms with E-state index in [4.69, 9.17) is 5.11 Å². The van der Waals surface area contributed by atoms with Gasteiger partial charge in [0.1, 0.15) is 11.1 Å². The molecule has 0 aliphatic carbocycles. The van der Waals surface area contributed by atoms with Gasteiger partial charge in [-0.1, -0.05) is 11.8 Å². The molecule has 2 N–H and O–H groups in total. The lowest BCUT2D eigenvalue weighted by Gasteiger charge is -2.28. The maximum atomic E-state index is 11.4. The number of thioether (sulfide) groups is 1. The minimum atomic E-state index is -3.13. The summed E-state index contributed by atoms with van der Waals surface area (Å²) in [4.78, 5) is 15.1. The summed E-state index contributed by atoms with van der Waals surface area (Å²) in [5.41, 5.74) is 0. The summed E-state index contributed by atoms with van der Waals surface area (Å²) in [6.07, 6.45) is 2.57. The van der Waals surface area contributed by atoms with Gasteiger partial charge in [-0.3, -0.25) is 9.89 Å². The molecule has 1 aliphatic heterocycles. The molecular formula is C11H18N4O4S2. The van der Waals surface area contributed by atoms with Gasteiger partial charge in [-0.15, -0.1) is 5.10 Å². The highest BCUT2D eigenvalue weighted by molar-refractivity contribution is 8.00. The number of carboxylic acids is 1. The van der Waals surface area contributed by atoms with Crippen LogP contribution in [-0.2, 0) is 14.8 Å². The third kappa shape index (κ3) is 4.17. The van der Waals surface area contributed by atoms with E-state index in [2.05, 4.69) is 15.2 Å². The Hall–Kier alpha value is -1.13. The van der Waals surface area contributed by atoms with Crippen LogP contribution in [0.25, 0.3) is 0 Å². The highest BCUT2D eigenvalue weighted by atomic mass is 32.2. The van der Waals surface area contributed by atoms with Crippen molar-refractivity contribution in [3.63, 3.8) is 0 Å². The van der Waals surface area contributed by atoms with E-state index >= 15 is 0 Å². The molecule has 118 valence electrons. The molecular weight excluding hydrogens is 316 g/mol. The number of carbonyl (C=O) groups is 1. The molecule has 0 bridgehead atoms. The summed E-state index contributed by atoms with van der Waals surface area (Å²) in [6, 6.07) is 0. The Bertz CT molecular complexity index is 607. The van der Waals surface area contributed by atoms with Crippen LogP contribution in [0.15, 0.2) is 5.16 Å². The summed E-state index contributed by atoms with van der Waals surface area (Å²) in [5.74, 6) is -0.0824. The summed E-state index contributed by atoms with van der Waals surface area (Å²) in [7, 11) is -3.13. The van der Waals surface area contributed by atoms with Crippen molar-refractivity contribution in [1.29, 1.82) is 0 Å². The molecule has 0 aromatic carbocycles. The second-order valence-electron chi connectivity index (χ2n) is 5.04. The van der Waals surface area contributed by atoms with E-state index in [0.29, 0.717) is 36.9 Å². The molecule has 1 fully saturated rings. The number of hydrogen-bond donors (Lipinski definition) is 2. The lowest BCUT2D eigenvalue weighted by Crippen LogP contribution is -2.37. The third-order valence-electron chi connectivity index (χ3n) is 3.42. The predicted octanol–water partition coefficient (Wildman–Crippen LogP) is 0.509. The minimum Gasteiger partial charge on any atom is -0.480 e. The van der Waals surface area contributed by atoms with Crippen molar-refractivity contribution in [2.45, 2.75) is 36.1 Å². The molecule has 0 unspecified atom stereocenters. The van der Waals surface area contributed by atoms with Crippen LogP contribution in [0.3, 0.4) is 0 Å². The highest BCUT2D eigenvalue weighted by Gasteiger charge is 2.28. The third-order valence-corrected chi connectivity index (χ3v) is 5.67. The molecule has 1 saturated heterocycles. The first-order chi connectivity index (χ1) is 9.77. The monoisotopic (exact) mass is 334 g/mol. The fraction of sp³-hybridized carbons (Fsp3) is 0.727. The van der Waals surface area contributed by atoms with Crippen molar-refractivity contribution in [3.05, 3.63) is 5.82 Å². The zero-order valence-corrected chi connectivity index (χ0v) is 13.4. The van der Waals surface area contributed by atoms with Gasteiger partial charge in [-0.2, -0.15) is 0 Å². The van der Waals surface area contributed by atoms with Gasteiger partial charge >= 0.3 is 5.97 Å². The number of sulfonamides is 1. The van der Waals surface area contributed by atoms with E-state index in [1.54, 1.807) is 6.92 Å². The number of nitrogens with one attached hydrogen (secondary N) is 1. The summed E-state index contributed by atoms with van der Waals surface area (Å²) >= 11 is 1.08. The lowest BCUT2D eigenvalue weighted by atomic mass is 9.98. The fourth-order valence-corrected chi connectivity index (χ4v) is 3.70.